The summed E-state index contributed by atoms with van der Waals surface area (Å²) < 4.78 is 5.23. The summed E-state index contributed by atoms with van der Waals surface area (Å²) in [6.45, 7) is 6.06. The van der Waals surface area contributed by atoms with Crippen molar-refractivity contribution < 1.29 is 9.53 Å². The fourth-order valence-electron chi connectivity index (χ4n) is 2.43. The molecule has 2 aromatic rings. The van der Waals surface area contributed by atoms with E-state index in [2.05, 4.69) is 19.1 Å². The molecule has 0 aliphatic heterocycles. The van der Waals surface area contributed by atoms with Crippen LogP contribution < -0.4 is 4.74 Å². The number of methoxy groups -OCH3 is 1. The Kier molecular flexibility index (Phi) is 4.43. The second-order valence-corrected chi connectivity index (χ2v) is 5.41. The van der Waals surface area contributed by atoms with Crippen LogP contribution in [0.1, 0.15) is 38.7 Å². The Balaban J connectivity index is 2.34. The first-order valence-corrected chi connectivity index (χ1v) is 7.18. The molecule has 2 heteroatoms. The predicted octanol–water partition coefficient (Wildman–Crippen LogP) is 4.57. The minimum absolute atomic E-state index is 0.0450. The lowest BCUT2D eigenvalue weighted by Gasteiger charge is -2.16. The summed E-state index contributed by atoms with van der Waals surface area (Å²) in [6.07, 6.45) is 0.897. The van der Waals surface area contributed by atoms with E-state index in [9.17, 15) is 4.79 Å². The highest BCUT2D eigenvalue weighted by Gasteiger charge is 2.20. The van der Waals surface area contributed by atoms with E-state index >= 15 is 0 Å². The third kappa shape index (κ3) is 2.84. The highest BCUT2D eigenvalue weighted by Crippen LogP contribution is 2.27. The average molecular weight is 270 g/mol. The van der Waals surface area contributed by atoms with Gasteiger partial charge in [-0.2, -0.15) is 0 Å². The van der Waals surface area contributed by atoms with Crippen molar-refractivity contribution in [2.75, 3.05) is 7.11 Å². The van der Waals surface area contributed by atoms with Gasteiger partial charge >= 0.3 is 0 Å². The summed E-state index contributed by atoms with van der Waals surface area (Å²) >= 11 is 0. The molecular weight excluding hydrogens is 248 g/mol. The number of benzene rings is 2. The van der Waals surface area contributed by atoms with E-state index in [1.807, 2.05) is 38.1 Å². The van der Waals surface area contributed by atoms with Crippen molar-refractivity contribution in [1.82, 2.24) is 0 Å². The van der Waals surface area contributed by atoms with Gasteiger partial charge in [0.05, 0.1) is 7.11 Å². The summed E-state index contributed by atoms with van der Waals surface area (Å²) in [5.41, 5.74) is 1.09. The van der Waals surface area contributed by atoms with E-state index in [-0.39, 0.29) is 11.8 Å². The molecule has 0 spiro atoms. The summed E-state index contributed by atoms with van der Waals surface area (Å²) in [6, 6.07) is 12.2. The van der Waals surface area contributed by atoms with E-state index in [1.54, 1.807) is 7.11 Å². The Morgan fingerprint density at radius 2 is 1.75 bits per heavy atom. The van der Waals surface area contributed by atoms with Gasteiger partial charge in [0, 0.05) is 11.8 Å². The second-order valence-electron chi connectivity index (χ2n) is 5.41. The number of rotatable bonds is 5. The minimum atomic E-state index is -0.0450. The van der Waals surface area contributed by atoms with Crippen LogP contribution in [0.5, 0.6) is 5.75 Å². The van der Waals surface area contributed by atoms with Gasteiger partial charge in [0.2, 0.25) is 0 Å². The molecule has 0 N–H and O–H groups in total. The molecule has 20 heavy (non-hydrogen) atoms. The first-order valence-electron chi connectivity index (χ1n) is 7.18. The maximum atomic E-state index is 12.3. The highest BCUT2D eigenvalue weighted by atomic mass is 16.5. The Bertz CT molecular complexity index is 616. The molecule has 2 aromatic carbocycles. The van der Waals surface area contributed by atoms with E-state index in [4.69, 9.17) is 4.74 Å². The van der Waals surface area contributed by atoms with Gasteiger partial charge in [-0.3, -0.25) is 4.79 Å². The Morgan fingerprint density at radius 1 is 1.10 bits per heavy atom. The van der Waals surface area contributed by atoms with Crippen LogP contribution in [0.2, 0.25) is 0 Å². The Labute approximate surface area is 120 Å². The highest BCUT2D eigenvalue weighted by molar-refractivity contribution is 5.90. The molecule has 2 nitrogen and oxygen atoms in total. The Hall–Kier alpha value is -1.83. The van der Waals surface area contributed by atoms with Gasteiger partial charge < -0.3 is 4.74 Å². The first-order chi connectivity index (χ1) is 9.56. The fourth-order valence-corrected chi connectivity index (χ4v) is 2.43. The molecular formula is C18H22O2. The third-order valence-corrected chi connectivity index (χ3v) is 4.10. The zero-order valence-corrected chi connectivity index (χ0v) is 12.6. The lowest BCUT2D eigenvalue weighted by Crippen LogP contribution is -2.17. The Morgan fingerprint density at radius 3 is 2.40 bits per heavy atom. The zero-order valence-electron chi connectivity index (χ0n) is 12.6. The van der Waals surface area contributed by atoms with Crippen molar-refractivity contribution in [3.63, 3.8) is 0 Å². The van der Waals surface area contributed by atoms with Crippen molar-refractivity contribution >= 4 is 16.6 Å². The minimum Gasteiger partial charge on any atom is -0.497 e. The van der Waals surface area contributed by atoms with Crippen molar-refractivity contribution in [1.29, 1.82) is 0 Å². The predicted molar refractivity (Wildman–Crippen MR) is 83.4 cm³/mol. The van der Waals surface area contributed by atoms with Crippen molar-refractivity contribution in [3.05, 3.63) is 42.0 Å². The summed E-state index contributed by atoms with van der Waals surface area (Å²) in [7, 11) is 1.67. The van der Waals surface area contributed by atoms with Gasteiger partial charge in [0.15, 0.2) is 0 Å². The fraction of sp³-hybridized carbons (Fsp3) is 0.389. The van der Waals surface area contributed by atoms with Crippen LogP contribution in [-0.2, 0) is 4.79 Å². The second kappa shape index (κ2) is 6.08. The maximum Gasteiger partial charge on any atom is 0.142 e. The van der Waals surface area contributed by atoms with Gasteiger partial charge in [0.25, 0.3) is 0 Å². The van der Waals surface area contributed by atoms with Crippen LogP contribution in [0.3, 0.4) is 0 Å². The van der Waals surface area contributed by atoms with Gasteiger partial charge in [-0.25, -0.2) is 0 Å². The molecule has 0 aliphatic rings. The van der Waals surface area contributed by atoms with Crippen LogP contribution in [0.15, 0.2) is 36.4 Å². The zero-order chi connectivity index (χ0) is 14.7. The summed E-state index contributed by atoms with van der Waals surface area (Å²) in [5, 5.41) is 2.28. The number of ether oxygens (including phenoxy) is 1. The number of fused-ring (bicyclic) bond motifs is 1. The van der Waals surface area contributed by atoms with Crippen molar-refractivity contribution in [3.8, 4) is 5.75 Å². The number of hydrogen-bond acceptors (Lipinski definition) is 2. The van der Waals surface area contributed by atoms with E-state index in [0.717, 1.165) is 28.5 Å². The largest absolute Gasteiger partial charge is 0.497 e. The van der Waals surface area contributed by atoms with Crippen LogP contribution >= 0.6 is 0 Å². The monoisotopic (exact) mass is 270 g/mol. The molecule has 0 aromatic heterocycles. The van der Waals surface area contributed by atoms with E-state index in [1.165, 1.54) is 0 Å². The molecule has 0 heterocycles. The summed E-state index contributed by atoms with van der Waals surface area (Å²) in [5.74, 6) is 1.25. The molecule has 106 valence electrons. The van der Waals surface area contributed by atoms with E-state index < -0.39 is 0 Å². The lowest BCUT2D eigenvalue weighted by atomic mass is 9.87. The number of hydrogen-bond donors (Lipinski definition) is 0. The van der Waals surface area contributed by atoms with E-state index in [0.29, 0.717) is 5.78 Å². The average Bonchev–Trinajstić information content (AvgIpc) is 2.51. The lowest BCUT2D eigenvalue weighted by molar-refractivity contribution is -0.123. The van der Waals surface area contributed by atoms with Crippen LogP contribution in [0, 0.1) is 5.92 Å². The van der Waals surface area contributed by atoms with Crippen molar-refractivity contribution in [2.24, 2.45) is 5.92 Å². The number of Topliss-reactive ketones (excluding diaryl/α,β-unsaturated/α-hetero) is 1. The molecule has 0 saturated heterocycles. The molecule has 2 atom stereocenters. The summed E-state index contributed by atoms with van der Waals surface area (Å²) in [4.78, 5) is 12.3. The number of carbonyl (C=O) groups is 1. The number of ketones is 1. The molecule has 0 bridgehead atoms. The molecule has 0 fully saturated rings. The van der Waals surface area contributed by atoms with Gasteiger partial charge in [-0.1, -0.05) is 45.0 Å². The molecule has 0 saturated carbocycles. The SMILES string of the molecule is CCC(C)C(=O)C(C)c1ccc2cc(OC)ccc2c1. The normalized spacial score (nSPS) is 14.0. The molecule has 0 radical (unpaired) electrons. The maximum absolute atomic E-state index is 12.3. The number of carbonyl (C=O) groups excluding carboxylic acids is 1. The van der Waals surface area contributed by atoms with Gasteiger partial charge in [-0.05, 0) is 34.9 Å². The third-order valence-electron chi connectivity index (χ3n) is 4.10. The smallest absolute Gasteiger partial charge is 0.142 e. The van der Waals surface area contributed by atoms with Gasteiger partial charge in [-0.15, -0.1) is 0 Å². The molecule has 2 rings (SSSR count). The molecule has 0 aliphatic carbocycles. The van der Waals surface area contributed by atoms with Crippen LogP contribution in [-0.4, -0.2) is 12.9 Å². The van der Waals surface area contributed by atoms with Crippen LogP contribution in [0.25, 0.3) is 10.8 Å². The quantitative estimate of drug-likeness (QED) is 0.795. The first kappa shape index (κ1) is 14.6. The standard InChI is InChI=1S/C18H22O2/c1-5-12(2)18(19)13(3)14-6-7-16-11-17(20-4)9-8-15(16)10-14/h6-13H,5H2,1-4H3. The molecule has 2 unspecified atom stereocenters. The van der Waals surface area contributed by atoms with Gasteiger partial charge in [0.1, 0.15) is 11.5 Å². The molecule has 0 amide bonds. The topological polar surface area (TPSA) is 26.3 Å². The van der Waals surface area contributed by atoms with Crippen molar-refractivity contribution in [2.45, 2.75) is 33.1 Å². The van der Waals surface area contributed by atoms with Crippen LogP contribution in [0.4, 0.5) is 0 Å².